The summed E-state index contributed by atoms with van der Waals surface area (Å²) in [6, 6.07) is 3.37. The SMILES string of the molecule is NCC(OCCC(F)(F)F)c1ccc(Cl)s1. The van der Waals surface area contributed by atoms with Crippen molar-refractivity contribution in [2.75, 3.05) is 13.2 Å². The van der Waals surface area contributed by atoms with E-state index in [1.54, 1.807) is 12.1 Å². The van der Waals surface area contributed by atoms with Crippen LogP contribution >= 0.6 is 22.9 Å². The van der Waals surface area contributed by atoms with Crippen LogP contribution in [0.1, 0.15) is 17.4 Å². The minimum absolute atomic E-state index is 0.134. The Morgan fingerprint density at radius 1 is 1.44 bits per heavy atom. The Morgan fingerprint density at radius 3 is 2.56 bits per heavy atom. The van der Waals surface area contributed by atoms with Crippen molar-refractivity contribution in [2.45, 2.75) is 18.7 Å². The second-order valence-electron chi connectivity index (χ2n) is 3.10. The fourth-order valence-corrected chi connectivity index (χ4v) is 2.21. The highest BCUT2D eigenvalue weighted by Crippen LogP contribution is 2.29. The average molecular weight is 274 g/mol. The number of ether oxygens (including phenoxy) is 1. The van der Waals surface area contributed by atoms with E-state index in [-0.39, 0.29) is 13.2 Å². The van der Waals surface area contributed by atoms with Crippen LogP contribution in [-0.4, -0.2) is 19.3 Å². The first-order chi connectivity index (χ1) is 7.42. The van der Waals surface area contributed by atoms with Gasteiger partial charge in [-0.1, -0.05) is 11.6 Å². The Kier molecular flexibility index (Phi) is 5.04. The van der Waals surface area contributed by atoms with E-state index in [0.29, 0.717) is 4.34 Å². The van der Waals surface area contributed by atoms with E-state index in [0.717, 1.165) is 4.88 Å². The summed E-state index contributed by atoms with van der Waals surface area (Å²) < 4.78 is 41.3. The van der Waals surface area contributed by atoms with Crippen LogP contribution < -0.4 is 5.73 Å². The maximum Gasteiger partial charge on any atom is 0.391 e. The van der Waals surface area contributed by atoms with Gasteiger partial charge in [0, 0.05) is 11.4 Å². The molecule has 0 amide bonds. The van der Waals surface area contributed by atoms with E-state index < -0.39 is 18.7 Å². The molecule has 1 rings (SSSR count). The molecule has 1 aromatic heterocycles. The van der Waals surface area contributed by atoms with Crippen LogP contribution in [0.15, 0.2) is 12.1 Å². The number of thiophene rings is 1. The molecule has 0 spiro atoms. The Bertz CT molecular complexity index is 329. The molecule has 1 aromatic rings. The molecule has 1 unspecified atom stereocenters. The molecule has 0 bridgehead atoms. The molecule has 2 nitrogen and oxygen atoms in total. The Morgan fingerprint density at radius 2 is 2.12 bits per heavy atom. The summed E-state index contributed by atoms with van der Waals surface area (Å²) in [5, 5.41) is 0. The van der Waals surface area contributed by atoms with Crippen LogP contribution in [0.25, 0.3) is 0 Å². The quantitative estimate of drug-likeness (QED) is 0.893. The van der Waals surface area contributed by atoms with E-state index in [2.05, 4.69) is 0 Å². The third kappa shape index (κ3) is 4.69. The zero-order chi connectivity index (χ0) is 12.2. The van der Waals surface area contributed by atoms with Gasteiger partial charge in [0.1, 0.15) is 6.10 Å². The molecule has 2 N–H and O–H groups in total. The number of nitrogens with two attached hydrogens (primary N) is 1. The highest BCUT2D eigenvalue weighted by Gasteiger charge is 2.27. The minimum atomic E-state index is -4.20. The van der Waals surface area contributed by atoms with Crippen molar-refractivity contribution >= 4 is 22.9 Å². The largest absolute Gasteiger partial charge is 0.391 e. The smallest absolute Gasteiger partial charge is 0.371 e. The molecule has 0 saturated carbocycles. The fourth-order valence-electron chi connectivity index (χ4n) is 1.08. The van der Waals surface area contributed by atoms with Crippen LogP contribution in [0.4, 0.5) is 13.2 Å². The van der Waals surface area contributed by atoms with E-state index in [4.69, 9.17) is 22.1 Å². The standard InChI is InChI=1S/C9H11ClF3NOS/c10-8-2-1-7(16-8)6(5-14)15-4-3-9(11,12)13/h1-2,6H,3-5,14H2. The highest BCUT2D eigenvalue weighted by atomic mass is 35.5. The maximum absolute atomic E-state index is 11.9. The monoisotopic (exact) mass is 273 g/mol. The van der Waals surface area contributed by atoms with Crippen molar-refractivity contribution in [3.63, 3.8) is 0 Å². The molecule has 0 aliphatic heterocycles. The van der Waals surface area contributed by atoms with Gasteiger partial charge in [-0.25, -0.2) is 0 Å². The number of rotatable bonds is 5. The van der Waals surface area contributed by atoms with E-state index in [9.17, 15) is 13.2 Å². The second kappa shape index (κ2) is 5.86. The Balaban J connectivity index is 2.44. The molecule has 16 heavy (non-hydrogen) atoms. The third-order valence-corrected chi connectivity index (χ3v) is 3.15. The van der Waals surface area contributed by atoms with Crippen molar-refractivity contribution in [1.82, 2.24) is 0 Å². The van der Waals surface area contributed by atoms with Crippen molar-refractivity contribution < 1.29 is 17.9 Å². The number of hydrogen-bond acceptors (Lipinski definition) is 3. The lowest BCUT2D eigenvalue weighted by Gasteiger charge is -2.15. The summed E-state index contributed by atoms with van der Waals surface area (Å²) in [6.45, 7) is -0.254. The normalized spacial score (nSPS) is 14.1. The third-order valence-electron chi connectivity index (χ3n) is 1.83. The average Bonchev–Trinajstić information content (AvgIpc) is 2.58. The summed E-state index contributed by atoms with van der Waals surface area (Å²) >= 11 is 6.97. The lowest BCUT2D eigenvalue weighted by Crippen LogP contribution is -2.18. The van der Waals surface area contributed by atoms with Gasteiger partial charge < -0.3 is 10.5 Å². The van der Waals surface area contributed by atoms with Crippen molar-refractivity contribution in [3.05, 3.63) is 21.3 Å². The van der Waals surface area contributed by atoms with Crippen LogP contribution in [0.2, 0.25) is 4.34 Å². The number of halogens is 4. The second-order valence-corrected chi connectivity index (χ2v) is 4.85. The van der Waals surface area contributed by atoms with Crippen LogP contribution in [0.3, 0.4) is 0 Å². The van der Waals surface area contributed by atoms with Crippen molar-refractivity contribution in [1.29, 1.82) is 0 Å². The first-order valence-corrected chi connectivity index (χ1v) is 5.75. The van der Waals surface area contributed by atoms with Gasteiger partial charge in [0.15, 0.2) is 0 Å². The van der Waals surface area contributed by atoms with Gasteiger partial charge in [0.2, 0.25) is 0 Å². The molecule has 92 valence electrons. The number of hydrogen-bond donors (Lipinski definition) is 1. The molecule has 7 heteroatoms. The highest BCUT2D eigenvalue weighted by molar-refractivity contribution is 7.16. The minimum Gasteiger partial charge on any atom is -0.371 e. The Hall–Kier alpha value is -0.300. The van der Waals surface area contributed by atoms with Gasteiger partial charge in [0.05, 0.1) is 17.4 Å². The van der Waals surface area contributed by atoms with Crippen molar-refractivity contribution in [2.24, 2.45) is 5.73 Å². The molecule has 0 aromatic carbocycles. The summed E-state index contributed by atoms with van der Waals surface area (Å²) in [5.74, 6) is 0. The molecule has 0 fully saturated rings. The van der Waals surface area contributed by atoms with Crippen LogP contribution in [0.5, 0.6) is 0 Å². The number of alkyl halides is 3. The zero-order valence-electron chi connectivity index (χ0n) is 8.26. The topological polar surface area (TPSA) is 35.2 Å². The molecule has 1 heterocycles. The van der Waals surface area contributed by atoms with E-state index in [1.165, 1.54) is 11.3 Å². The fraction of sp³-hybridized carbons (Fsp3) is 0.556. The predicted octanol–water partition coefficient (Wildman–Crippen LogP) is 3.37. The van der Waals surface area contributed by atoms with E-state index >= 15 is 0 Å². The summed E-state index contributed by atoms with van der Waals surface area (Å²) in [6.07, 6.45) is -5.69. The summed E-state index contributed by atoms with van der Waals surface area (Å²) in [4.78, 5) is 0.745. The molecule has 0 radical (unpaired) electrons. The van der Waals surface area contributed by atoms with Gasteiger partial charge >= 0.3 is 6.18 Å². The molecular formula is C9H11ClF3NOS. The summed E-state index contributed by atoms with van der Waals surface area (Å²) in [7, 11) is 0. The van der Waals surface area contributed by atoms with Crippen LogP contribution in [0, 0.1) is 0 Å². The molecule has 0 aliphatic rings. The molecule has 1 atom stereocenters. The van der Waals surface area contributed by atoms with Crippen LogP contribution in [-0.2, 0) is 4.74 Å². The van der Waals surface area contributed by atoms with Crippen molar-refractivity contribution in [3.8, 4) is 0 Å². The lowest BCUT2D eigenvalue weighted by atomic mass is 10.3. The predicted molar refractivity (Wildman–Crippen MR) is 57.7 cm³/mol. The molecule has 0 aliphatic carbocycles. The van der Waals surface area contributed by atoms with E-state index in [1.807, 2.05) is 0 Å². The molecular weight excluding hydrogens is 263 g/mol. The summed E-state index contributed by atoms with van der Waals surface area (Å²) in [5.41, 5.74) is 5.42. The van der Waals surface area contributed by atoms with Gasteiger partial charge in [-0.05, 0) is 12.1 Å². The Labute approximate surface area is 100 Å². The first-order valence-electron chi connectivity index (χ1n) is 4.56. The molecule has 0 saturated heterocycles. The zero-order valence-corrected chi connectivity index (χ0v) is 9.83. The van der Waals surface area contributed by atoms with Gasteiger partial charge in [-0.2, -0.15) is 13.2 Å². The first kappa shape index (κ1) is 13.8. The maximum atomic E-state index is 11.9. The lowest BCUT2D eigenvalue weighted by molar-refractivity contribution is -0.148. The van der Waals surface area contributed by atoms with Gasteiger partial charge in [0.25, 0.3) is 0 Å². The van der Waals surface area contributed by atoms with Gasteiger partial charge in [-0.15, -0.1) is 11.3 Å². The van der Waals surface area contributed by atoms with Gasteiger partial charge in [-0.3, -0.25) is 0 Å².